The maximum atomic E-state index is 13.0. The summed E-state index contributed by atoms with van der Waals surface area (Å²) in [6.45, 7) is 7.14. The summed E-state index contributed by atoms with van der Waals surface area (Å²) >= 11 is 17.9. The second-order valence-electron chi connectivity index (χ2n) is 8.13. The van der Waals surface area contributed by atoms with Crippen molar-refractivity contribution in [1.82, 2.24) is 9.80 Å². The van der Waals surface area contributed by atoms with Crippen molar-refractivity contribution in [3.8, 4) is 0 Å². The fourth-order valence-electron chi connectivity index (χ4n) is 4.21. The van der Waals surface area contributed by atoms with E-state index in [-0.39, 0.29) is 22.9 Å². The van der Waals surface area contributed by atoms with Crippen LogP contribution in [0, 0.1) is 0 Å². The molecule has 196 valence electrons. The van der Waals surface area contributed by atoms with Crippen molar-refractivity contribution in [2.75, 3.05) is 41.7 Å². The predicted molar refractivity (Wildman–Crippen MR) is 146 cm³/mol. The molecule has 1 N–H and O–H groups in total. The summed E-state index contributed by atoms with van der Waals surface area (Å²) in [6, 6.07) is 3.47. The minimum absolute atomic E-state index is 0.00537. The Kier molecular flexibility index (Phi) is 9.05. The van der Waals surface area contributed by atoms with Gasteiger partial charge >= 0.3 is 0 Å². The number of carbonyl (C=O) groups excluding carboxylic acids is 2. The Morgan fingerprint density at radius 1 is 0.861 bits per heavy atom. The number of unbranched alkanes of at least 4 members (excludes halogenated alkanes) is 1. The monoisotopic (exact) mass is 574 g/mol. The number of likely N-dealkylation sites (N-methyl/N-ethyl adjacent to an activating group) is 2. The van der Waals surface area contributed by atoms with Crippen LogP contribution >= 0.6 is 35.4 Å². The van der Waals surface area contributed by atoms with E-state index in [1.807, 2.05) is 16.7 Å². The molecule has 0 aromatic heterocycles. The first-order chi connectivity index (χ1) is 16.9. The number of thiocarbonyl (C=S) groups is 1. The normalized spacial score (nSPS) is 17.6. The van der Waals surface area contributed by atoms with Crippen LogP contribution in [-0.2, 0) is 19.7 Å². The molecule has 9 nitrogen and oxygen atoms in total. The molecular formula is C23H28Cl2N4O5S2. The molecule has 2 amide bonds. The molecule has 0 unspecified atom stereocenters. The van der Waals surface area contributed by atoms with Crippen molar-refractivity contribution in [2.45, 2.75) is 33.6 Å². The molecule has 13 heteroatoms. The van der Waals surface area contributed by atoms with Crippen molar-refractivity contribution in [2.24, 2.45) is 0 Å². The Hall–Kier alpha value is -2.18. The minimum Gasteiger partial charge on any atom is -0.326 e. The molecule has 0 saturated carbocycles. The zero-order valence-corrected chi connectivity index (χ0v) is 23.3. The van der Waals surface area contributed by atoms with Gasteiger partial charge < -0.3 is 9.80 Å². The molecule has 36 heavy (non-hydrogen) atoms. The molecule has 1 aromatic carbocycles. The highest BCUT2D eigenvalue weighted by Gasteiger charge is 2.38. The molecule has 1 fully saturated rings. The summed E-state index contributed by atoms with van der Waals surface area (Å²) in [7, 11) is -4.07. The number of carbonyl (C=O) groups is 2. The van der Waals surface area contributed by atoms with Gasteiger partial charge in [0.2, 0.25) is 0 Å². The summed E-state index contributed by atoms with van der Waals surface area (Å²) < 4.78 is 31.3. The first kappa shape index (κ1) is 28.4. The molecule has 3 rings (SSSR count). The van der Waals surface area contributed by atoms with Gasteiger partial charge in [0.25, 0.3) is 21.9 Å². The highest BCUT2D eigenvalue weighted by molar-refractivity contribution is 7.85. The van der Waals surface area contributed by atoms with Crippen molar-refractivity contribution in [3.63, 3.8) is 0 Å². The van der Waals surface area contributed by atoms with E-state index >= 15 is 0 Å². The van der Waals surface area contributed by atoms with Gasteiger partial charge in [0.1, 0.15) is 11.4 Å². The molecule has 2 aliphatic rings. The van der Waals surface area contributed by atoms with Gasteiger partial charge in [-0.05, 0) is 70.1 Å². The first-order valence-electron chi connectivity index (χ1n) is 11.5. The van der Waals surface area contributed by atoms with Crippen LogP contribution in [-0.4, -0.2) is 71.6 Å². The number of amides is 2. The largest absolute Gasteiger partial charge is 0.326 e. The Morgan fingerprint density at radius 3 is 1.83 bits per heavy atom. The fourth-order valence-corrected chi connectivity index (χ4v) is 5.52. The average Bonchev–Trinajstić information content (AvgIpc) is 3.08. The van der Waals surface area contributed by atoms with E-state index in [1.54, 1.807) is 32.1 Å². The van der Waals surface area contributed by atoms with Crippen LogP contribution in [0.2, 0.25) is 10.0 Å². The van der Waals surface area contributed by atoms with Gasteiger partial charge in [-0.15, -0.1) is 0 Å². The average molecular weight is 576 g/mol. The number of hydrogen-bond donors (Lipinski definition) is 1. The van der Waals surface area contributed by atoms with Gasteiger partial charge in [-0.2, -0.15) is 8.42 Å². The number of rotatable bonds is 9. The molecule has 1 aromatic rings. The van der Waals surface area contributed by atoms with Crippen molar-refractivity contribution in [1.29, 1.82) is 0 Å². The minimum atomic E-state index is -4.07. The van der Waals surface area contributed by atoms with E-state index in [2.05, 4.69) is 0 Å². The zero-order valence-electron chi connectivity index (χ0n) is 20.2. The lowest BCUT2D eigenvalue weighted by Gasteiger charge is -2.35. The van der Waals surface area contributed by atoms with Crippen LogP contribution in [0.3, 0.4) is 0 Å². The highest BCUT2D eigenvalue weighted by Crippen LogP contribution is 2.45. The fraction of sp³-hybridized carbons (Fsp3) is 0.435. The summed E-state index contributed by atoms with van der Waals surface area (Å²) in [5, 5.41) is 0.924. The number of nitrogens with zero attached hydrogens (tertiary/aromatic N) is 4. The Morgan fingerprint density at radius 2 is 1.36 bits per heavy atom. The van der Waals surface area contributed by atoms with Gasteiger partial charge in [0.15, 0.2) is 5.11 Å². The third-order valence-corrected chi connectivity index (χ3v) is 7.91. The zero-order chi connectivity index (χ0) is 26.8. The van der Waals surface area contributed by atoms with Gasteiger partial charge in [-0.3, -0.25) is 23.9 Å². The number of halogens is 2. The molecular weight excluding hydrogens is 547 g/mol. The Bertz CT molecular complexity index is 1220. The number of benzene rings is 1. The van der Waals surface area contributed by atoms with Crippen molar-refractivity contribution in [3.05, 3.63) is 45.7 Å². The second kappa shape index (κ2) is 11.5. The third kappa shape index (κ3) is 5.70. The van der Waals surface area contributed by atoms with E-state index in [9.17, 15) is 18.0 Å². The lowest BCUT2D eigenvalue weighted by molar-refractivity contribution is -0.133. The maximum Gasteiger partial charge on any atom is 0.265 e. The Balaban J connectivity index is 2.04. The van der Waals surface area contributed by atoms with Crippen LogP contribution in [0.5, 0.6) is 0 Å². The van der Waals surface area contributed by atoms with E-state index in [0.717, 1.165) is 11.4 Å². The molecule has 0 spiro atoms. The summed E-state index contributed by atoms with van der Waals surface area (Å²) in [4.78, 5) is 32.8. The topological polar surface area (TPSA) is 101 Å². The number of hydrogen-bond acceptors (Lipinski definition) is 7. The lowest BCUT2D eigenvalue weighted by atomic mass is 10.1. The van der Waals surface area contributed by atoms with Crippen molar-refractivity contribution < 1.29 is 22.6 Å². The van der Waals surface area contributed by atoms with Gasteiger partial charge in [0.05, 0.1) is 27.2 Å². The quantitative estimate of drug-likeness (QED) is 0.155. The summed E-state index contributed by atoms with van der Waals surface area (Å²) in [5.74, 6) is -0.597. The predicted octanol–water partition coefficient (Wildman–Crippen LogP) is 4.07. The maximum absolute atomic E-state index is 13.0. The van der Waals surface area contributed by atoms with Crippen LogP contribution in [0.25, 0.3) is 0 Å². The van der Waals surface area contributed by atoms with Gasteiger partial charge in [-0.1, -0.05) is 23.2 Å². The van der Waals surface area contributed by atoms with E-state index in [0.29, 0.717) is 48.5 Å². The Labute approximate surface area is 226 Å². The standard InChI is InChI=1S/C23H28Cl2N4O5S2/c1-4-26-18-13-16(24)17(25)14-19(18)29(11-7-8-12-36(32,33)34)20(26)10-9-15-21(30)27(5-2)23(35)28(6-3)22(15)31/h9-10,13-14H,4-8,11-12H2,1-3H3,(H,32,33,34)/b20-10-. The van der Waals surface area contributed by atoms with Crippen LogP contribution < -0.4 is 9.80 Å². The van der Waals surface area contributed by atoms with Crippen LogP contribution in [0.4, 0.5) is 11.4 Å². The summed E-state index contributed by atoms with van der Waals surface area (Å²) in [6.07, 6.45) is 3.88. The smallest absolute Gasteiger partial charge is 0.265 e. The molecule has 1 saturated heterocycles. The number of fused-ring (bicyclic) bond motifs is 1. The molecule has 0 radical (unpaired) electrons. The van der Waals surface area contributed by atoms with Crippen LogP contribution in [0.15, 0.2) is 35.7 Å². The van der Waals surface area contributed by atoms with Gasteiger partial charge in [0, 0.05) is 26.2 Å². The number of allylic oxidation sites excluding steroid dienone is 2. The molecule has 2 heterocycles. The molecule has 2 aliphatic heterocycles. The van der Waals surface area contributed by atoms with E-state index < -0.39 is 21.9 Å². The lowest BCUT2D eigenvalue weighted by Crippen LogP contribution is -2.55. The van der Waals surface area contributed by atoms with Crippen molar-refractivity contribution >= 4 is 73.8 Å². The number of anilines is 2. The highest BCUT2D eigenvalue weighted by atomic mass is 35.5. The second-order valence-corrected chi connectivity index (χ2v) is 10.9. The summed E-state index contributed by atoms with van der Waals surface area (Å²) in [5.41, 5.74) is 1.55. The van der Waals surface area contributed by atoms with E-state index in [4.69, 9.17) is 40.0 Å². The molecule has 0 bridgehead atoms. The van der Waals surface area contributed by atoms with Crippen LogP contribution in [0.1, 0.15) is 33.6 Å². The SMILES string of the molecule is CCN1C(=O)C(=C/C=C2/N(CC)c3cc(Cl)c(Cl)cc3N2CCCCS(=O)(=O)O)C(=O)N(CC)C1=S. The van der Waals surface area contributed by atoms with E-state index in [1.165, 1.54) is 15.9 Å². The molecule has 0 aliphatic carbocycles. The van der Waals surface area contributed by atoms with Gasteiger partial charge in [-0.25, -0.2) is 0 Å². The first-order valence-corrected chi connectivity index (χ1v) is 14.3. The third-order valence-electron chi connectivity index (χ3n) is 5.95. The molecule has 0 atom stereocenters.